The van der Waals surface area contributed by atoms with Crippen LogP contribution in [0.4, 0.5) is 0 Å². The van der Waals surface area contributed by atoms with Crippen molar-refractivity contribution >= 4 is 0 Å². The van der Waals surface area contributed by atoms with Crippen LogP contribution in [0.25, 0.3) is 0 Å². The van der Waals surface area contributed by atoms with E-state index in [9.17, 15) is 0 Å². The van der Waals surface area contributed by atoms with E-state index >= 15 is 0 Å². The van der Waals surface area contributed by atoms with Gasteiger partial charge >= 0.3 is 0 Å². The predicted molar refractivity (Wildman–Crippen MR) is 77.1 cm³/mol. The number of nitrogens with one attached hydrogen (secondary N) is 1. The monoisotopic (exact) mass is 256 g/mol. The van der Waals surface area contributed by atoms with Crippen molar-refractivity contribution in [3.8, 4) is 5.75 Å². The van der Waals surface area contributed by atoms with Crippen molar-refractivity contribution in [3.05, 3.63) is 60.4 Å². The Morgan fingerprint density at radius 1 is 0.947 bits per heavy atom. The first-order valence-corrected chi connectivity index (χ1v) is 6.73. The third-order valence-electron chi connectivity index (χ3n) is 2.79. The minimum atomic E-state index is 0.773. The molecule has 0 aliphatic rings. The molecule has 1 aromatic carbocycles. The van der Waals surface area contributed by atoms with Gasteiger partial charge in [-0.15, -0.1) is 0 Å². The van der Waals surface area contributed by atoms with E-state index in [4.69, 9.17) is 4.74 Å². The van der Waals surface area contributed by atoms with Gasteiger partial charge in [0.2, 0.25) is 0 Å². The van der Waals surface area contributed by atoms with Crippen LogP contribution in [0.5, 0.6) is 5.75 Å². The fourth-order valence-electron chi connectivity index (χ4n) is 1.78. The zero-order valence-corrected chi connectivity index (χ0v) is 11.1. The van der Waals surface area contributed by atoms with E-state index in [1.165, 1.54) is 0 Å². The van der Waals surface area contributed by atoms with Gasteiger partial charge in [-0.05, 0) is 43.7 Å². The van der Waals surface area contributed by atoms with Crippen LogP contribution in [0.2, 0.25) is 0 Å². The molecule has 0 unspecified atom stereocenters. The third kappa shape index (κ3) is 5.53. The minimum absolute atomic E-state index is 0.773. The van der Waals surface area contributed by atoms with Crippen LogP contribution >= 0.6 is 0 Å². The Hall–Kier alpha value is -1.87. The topological polar surface area (TPSA) is 34.1 Å². The molecule has 1 aromatic heterocycles. The average molecular weight is 256 g/mol. The average Bonchev–Trinajstić information content (AvgIpc) is 2.48. The second kappa shape index (κ2) is 8.27. The maximum absolute atomic E-state index is 5.63. The summed E-state index contributed by atoms with van der Waals surface area (Å²) in [5.74, 6) is 0.948. The number of nitrogens with zero attached hydrogens (tertiary/aromatic N) is 1. The molecule has 0 aliphatic carbocycles. The van der Waals surface area contributed by atoms with Crippen molar-refractivity contribution in [2.24, 2.45) is 0 Å². The summed E-state index contributed by atoms with van der Waals surface area (Å²) in [4.78, 5) is 4.27. The summed E-state index contributed by atoms with van der Waals surface area (Å²) in [5, 5.41) is 3.38. The normalized spacial score (nSPS) is 10.3. The summed E-state index contributed by atoms with van der Waals surface area (Å²) in [7, 11) is 0. The summed E-state index contributed by atoms with van der Waals surface area (Å²) in [6.07, 6.45) is 3.99. The molecule has 0 radical (unpaired) electrons. The largest absolute Gasteiger partial charge is 0.494 e. The molecule has 0 amide bonds. The summed E-state index contributed by atoms with van der Waals surface area (Å²) >= 11 is 0. The Kier molecular flexibility index (Phi) is 5.90. The minimum Gasteiger partial charge on any atom is -0.494 e. The lowest BCUT2D eigenvalue weighted by molar-refractivity contribution is 0.305. The van der Waals surface area contributed by atoms with Crippen molar-refractivity contribution in [1.82, 2.24) is 10.3 Å². The highest BCUT2D eigenvalue weighted by Gasteiger charge is 1.94. The van der Waals surface area contributed by atoms with E-state index < -0.39 is 0 Å². The summed E-state index contributed by atoms with van der Waals surface area (Å²) in [5.41, 5.74) is 1.09. The van der Waals surface area contributed by atoms with Gasteiger partial charge in [-0.25, -0.2) is 0 Å². The van der Waals surface area contributed by atoms with E-state index in [2.05, 4.69) is 10.3 Å². The van der Waals surface area contributed by atoms with Gasteiger partial charge < -0.3 is 10.1 Å². The summed E-state index contributed by atoms with van der Waals surface area (Å²) < 4.78 is 5.63. The lowest BCUT2D eigenvalue weighted by Gasteiger charge is -2.06. The summed E-state index contributed by atoms with van der Waals surface area (Å²) in [6, 6.07) is 15.9. The zero-order chi connectivity index (χ0) is 13.2. The molecule has 0 fully saturated rings. The van der Waals surface area contributed by atoms with E-state index in [-0.39, 0.29) is 0 Å². The highest BCUT2D eigenvalue weighted by molar-refractivity contribution is 5.20. The molecule has 0 atom stereocenters. The third-order valence-corrected chi connectivity index (χ3v) is 2.79. The molecule has 0 spiro atoms. The lowest BCUT2D eigenvalue weighted by atomic mass is 10.3. The second-order valence-corrected chi connectivity index (χ2v) is 4.37. The first kappa shape index (κ1) is 13.6. The fraction of sp³-hybridized carbons (Fsp3) is 0.312. The van der Waals surface area contributed by atoms with E-state index in [1.807, 2.05) is 54.7 Å². The molecule has 3 nitrogen and oxygen atoms in total. The van der Waals surface area contributed by atoms with Crippen LogP contribution < -0.4 is 10.1 Å². The fourth-order valence-corrected chi connectivity index (χ4v) is 1.78. The molecule has 0 bridgehead atoms. The van der Waals surface area contributed by atoms with Gasteiger partial charge in [0.1, 0.15) is 5.75 Å². The Balaban J connectivity index is 1.49. The van der Waals surface area contributed by atoms with Crippen molar-refractivity contribution in [2.45, 2.75) is 19.4 Å². The summed E-state index contributed by atoms with van der Waals surface area (Å²) in [6.45, 7) is 2.60. The SMILES string of the molecule is c1ccc(OCCCCNCc2ccccn2)cc1. The molecule has 2 rings (SSSR count). The van der Waals surface area contributed by atoms with Gasteiger partial charge in [-0.3, -0.25) is 4.98 Å². The van der Waals surface area contributed by atoms with Crippen LogP contribution in [-0.4, -0.2) is 18.1 Å². The Labute approximate surface area is 114 Å². The van der Waals surface area contributed by atoms with Crippen molar-refractivity contribution in [2.75, 3.05) is 13.2 Å². The molecule has 0 saturated carbocycles. The van der Waals surface area contributed by atoms with Gasteiger partial charge in [0, 0.05) is 12.7 Å². The smallest absolute Gasteiger partial charge is 0.119 e. The van der Waals surface area contributed by atoms with Crippen molar-refractivity contribution in [1.29, 1.82) is 0 Å². The Bertz CT molecular complexity index is 401. The van der Waals surface area contributed by atoms with E-state index in [0.717, 1.165) is 44.0 Å². The van der Waals surface area contributed by atoms with Gasteiger partial charge in [0.15, 0.2) is 0 Å². The standard InChI is InChI=1S/C16H20N2O/c1-2-9-16(10-3-1)19-13-7-6-11-17-14-15-8-4-5-12-18-15/h1-5,8-10,12,17H,6-7,11,13-14H2. The van der Waals surface area contributed by atoms with Crippen LogP contribution in [0.3, 0.4) is 0 Å². The van der Waals surface area contributed by atoms with Gasteiger partial charge in [-0.1, -0.05) is 24.3 Å². The molecule has 3 heteroatoms. The van der Waals surface area contributed by atoms with Crippen LogP contribution in [0.1, 0.15) is 18.5 Å². The van der Waals surface area contributed by atoms with Gasteiger partial charge in [0.25, 0.3) is 0 Å². The number of hydrogen-bond donors (Lipinski definition) is 1. The molecule has 100 valence electrons. The van der Waals surface area contributed by atoms with Crippen LogP contribution in [0.15, 0.2) is 54.7 Å². The highest BCUT2D eigenvalue weighted by Crippen LogP contribution is 2.08. The van der Waals surface area contributed by atoms with E-state index in [0.29, 0.717) is 0 Å². The van der Waals surface area contributed by atoms with Crippen molar-refractivity contribution in [3.63, 3.8) is 0 Å². The molecule has 19 heavy (non-hydrogen) atoms. The predicted octanol–water partition coefficient (Wildman–Crippen LogP) is 3.03. The number of para-hydroxylation sites is 1. The Morgan fingerprint density at radius 3 is 2.58 bits per heavy atom. The maximum atomic E-state index is 5.63. The molecule has 1 N–H and O–H groups in total. The Morgan fingerprint density at radius 2 is 1.79 bits per heavy atom. The number of unbranched alkanes of at least 4 members (excludes halogenated alkanes) is 1. The molecule has 0 aliphatic heterocycles. The lowest BCUT2D eigenvalue weighted by Crippen LogP contribution is -2.16. The van der Waals surface area contributed by atoms with Gasteiger partial charge in [0.05, 0.1) is 12.3 Å². The number of hydrogen-bond acceptors (Lipinski definition) is 3. The van der Waals surface area contributed by atoms with Crippen molar-refractivity contribution < 1.29 is 4.74 Å². The maximum Gasteiger partial charge on any atom is 0.119 e. The molecule has 1 heterocycles. The number of ether oxygens (including phenoxy) is 1. The molecular formula is C16H20N2O. The van der Waals surface area contributed by atoms with Crippen LogP contribution in [0, 0.1) is 0 Å². The quantitative estimate of drug-likeness (QED) is 0.737. The highest BCUT2D eigenvalue weighted by atomic mass is 16.5. The molecule has 0 saturated heterocycles. The molecule has 2 aromatic rings. The molecular weight excluding hydrogens is 236 g/mol. The number of benzene rings is 1. The first-order valence-electron chi connectivity index (χ1n) is 6.73. The van der Waals surface area contributed by atoms with Gasteiger partial charge in [-0.2, -0.15) is 0 Å². The second-order valence-electron chi connectivity index (χ2n) is 4.37. The van der Waals surface area contributed by atoms with E-state index in [1.54, 1.807) is 0 Å². The number of pyridine rings is 1. The zero-order valence-electron chi connectivity index (χ0n) is 11.1. The first-order chi connectivity index (χ1) is 9.45. The van der Waals surface area contributed by atoms with Crippen LogP contribution in [-0.2, 0) is 6.54 Å². The number of aromatic nitrogens is 1. The number of rotatable bonds is 8.